The van der Waals surface area contributed by atoms with E-state index in [2.05, 4.69) is 10.2 Å². The Morgan fingerprint density at radius 2 is 2.25 bits per heavy atom. The van der Waals surface area contributed by atoms with Crippen molar-refractivity contribution in [1.29, 1.82) is 0 Å². The Morgan fingerprint density at radius 3 is 3.00 bits per heavy atom. The van der Waals surface area contributed by atoms with E-state index in [1.807, 2.05) is 6.92 Å². The molecule has 1 aromatic rings. The maximum atomic E-state index is 11.2. The van der Waals surface area contributed by atoms with E-state index in [4.69, 9.17) is 0 Å². The summed E-state index contributed by atoms with van der Waals surface area (Å²) in [7, 11) is -2.87. The molecule has 2 rings (SSSR count). The molecule has 66 valence electrons. The van der Waals surface area contributed by atoms with E-state index < -0.39 is 9.84 Å². The van der Waals surface area contributed by atoms with Crippen LogP contribution in [0.2, 0.25) is 0 Å². The fourth-order valence-corrected chi connectivity index (χ4v) is 2.81. The van der Waals surface area contributed by atoms with Gasteiger partial charge in [0, 0.05) is 5.69 Å². The molecular formula is C7H10N2O2S. The lowest BCUT2D eigenvalue weighted by Gasteiger charge is -2.10. The van der Waals surface area contributed by atoms with Crippen molar-refractivity contribution >= 4 is 9.84 Å². The van der Waals surface area contributed by atoms with Crippen molar-refractivity contribution in [2.24, 2.45) is 0 Å². The number of aromatic nitrogens is 2. The molecular weight excluding hydrogens is 176 g/mol. The molecule has 0 spiro atoms. The zero-order valence-corrected chi connectivity index (χ0v) is 7.61. The summed E-state index contributed by atoms with van der Waals surface area (Å²) in [6.45, 7) is 1.92. The molecule has 0 bridgehead atoms. The van der Waals surface area contributed by atoms with Gasteiger partial charge in [-0.05, 0) is 18.9 Å². The van der Waals surface area contributed by atoms with Gasteiger partial charge in [-0.1, -0.05) is 0 Å². The largest absolute Gasteiger partial charge is 0.282 e. The Kier molecular flexibility index (Phi) is 1.51. The normalized spacial score (nSPS) is 20.4. The summed E-state index contributed by atoms with van der Waals surface area (Å²) in [5.41, 5.74) is 2.79. The summed E-state index contributed by atoms with van der Waals surface area (Å²) in [5.74, 6) is 0.368. The number of aryl methyl sites for hydroxylation is 1. The molecule has 1 aromatic heterocycles. The molecule has 0 amide bonds. The standard InChI is InChI=1S/C7H10N2O2S/c1-5-6-2-3-12(10,11)4-7(6)9-8-5/h2-4H2,1H3,(H,8,9). The van der Waals surface area contributed by atoms with Crippen molar-refractivity contribution in [1.82, 2.24) is 10.2 Å². The first-order chi connectivity index (χ1) is 5.58. The molecule has 0 radical (unpaired) electrons. The molecule has 2 heterocycles. The zero-order valence-electron chi connectivity index (χ0n) is 6.79. The van der Waals surface area contributed by atoms with Gasteiger partial charge in [0.2, 0.25) is 0 Å². The van der Waals surface area contributed by atoms with Gasteiger partial charge < -0.3 is 0 Å². The van der Waals surface area contributed by atoms with Crippen LogP contribution in [0.5, 0.6) is 0 Å². The average molecular weight is 186 g/mol. The van der Waals surface area contributed by atoms with Crippen molar-refractivity contribution in [3.8, 4) is 0 Å². The predicted octanol–water partition coefficient (Wildman–Crippen LogP) is 0.189. The third-order valence-electron chi connectivity index (χ3n) is 2.18. The second kappa shape index (κ2) is 2.32. The van der Waals surface area contributed by atoms with Gasteiger partial charge in [0.25, 0.3) is 0 Å². The molecule has 5 heteroatoms. The van der Waals surface area contributed by atoms with E-state index in [0.717, 1.165) is 11.3 Å². The molecule has 1 aliphatic rings. The van der Waals surface area contributed by atoms with Crippen LogP contribution < -0.4 is 0 Å². The SMILES string of the molecule is Cc1[nH]nc2c1CCS(=O)(=O)C2. The topological polar surface area (TPSA) is 62.8 Å². The third-order valence-corrected chi connectivity index (χ3v) is 3.72. The maximum absolute atomic E-state index is 11.2. The Labute approximate surface area is 70.9 Å². The molecule has 0 atom stereocenters. The summed E-state index contributed by atoms with van der Waals surface area (Å²) >= 11 is 0. The second-order valence-corrected chi connectivity index (χ2v) is 5.30. The first-order valence-electron chi connectivity index (χ1n) is 3.82. The van der Waals surface area contributed by atoms with Crippen molar-refractivity contribution in [2.75, 3.05) is 5.75 Å². The van der Waals surface area contributed by atoms with E-state index >= 15 is 0 Å². The lowest BCUT2D eigenvalue weighted by Crippen LogP contribution is -2.18. The van der Waals surface area contributed by atoms with Crippen LogP contribution in [-0.2, 0) is 22.0 Å². The first kappa shape index (κ1) is 7.79. The maximum Gasteiger partial charge on any atom is 0.156 e. The van der Waals surface area contributed by atoms with Crippen molar-refractivity contribution in [2.45, 2.75) is 19.1 Å². The van der Waals surface area contributed by atoms with Gasteiger partial charge in [0.15, 0.2) is 9.84 Å². The molecule has 0 fully saturated rings. The fourth-order valence-electron chi connectivity index (χ4n) is 1.49. The number of fused-ring (bicyclic) bond motifs is 1. The Morgan fingerprint density at radius 1 is 1.50 bits per heavy atom. The number of H-pyrrole nitrogens is 1. The third kappa shape index (κ3) is 1.14. The minimum absolute atomic E-state index is 0.104. The highest BCUT2D eigenvalue weighted by molar-refractivity contribution is 7.90. The van der Waals surface area contributed by atoms with Crippen LogP contribution >= 0.6 is 0 Å². The molecule has 0 aromatic carbocycles. The van der Waals surface area contributed by atoms with Gasteiger partial charge in [0.1, 0.15) is 0 Å². The van der Waals surface area contributed by atoms with Gasteiger partial charge in [-0.25, -0.2) is 8.42 Å². The summed E-state index contributed by atoms with van der Waals surface area (Å²) in [6.07, 6.45) is 0.611. The smallest absolute Gasteiger partial charge is 0.156 e. The number of rotatable bonds is 0. The van der Waals surface area contributed by atoms with Crippen LogP contribution in [0.1, 0.15) is 17.0 Å². The number of sulfone groups is 1. The number of hydrogen-bond donors (Lipinski definition) is 1. The quantitative estimate of drug-likeness (QED) is 0.629. The highest BCUT2D eigenvalue weighted by Gasteiger charge is 2.24. The van der Waals surface area contributed by atoms with Gasteiger partial charge in [-0.3, -0.25) is 5.10 Å². The predicted molar refractivity (Wildman–Crippen MR) is 44.5 cm³/mol. The van der Waals surface area contributed by atoms with Crippen LogP contribution in [0, 0.1) is 6.92 Å². The number of aromatic amines is 1. The van der Waals surface area contributed by atoms with E-state index in [1.165, 1.54) is 0 Å². The fraction of sp³-hybridized carbons (Fsp3) is 0.571. The van der Waals surface area contributed by atoms with E-state index in [0.29, 0.717) is 12.1 Å². The monoisotopic (exact) mass is 186 g/mol. The number of nitrogens with one attached hydrogen (secondary N) is 1. The summed E-state index contributed by atoms with van der Waals surface area (Å²) in [4.78, 5) is 0. The Balaban J connectivity index is 2.50. The van der Waals surface area contributed by atoms with Crippen molar-refractivity contribution in [3.63, 3.8) is 0 Å². The molecule has 1 aliphatic heterocycles. The number of hydrogen-bond acceptors (Lipinski definition) is 3. The average Bonchev–Trinajstić information content (AvgIpc) is 2.30. The highest BCUT2D eigenvalue weighted by Crippen LogP contribution is 2.20. The highest BCUT2D eigenvalue weighted by atomic mass is 32.2. The van der Waals surface area contributed by atoms with Crippen LogP contribution in [-0.4, -0.2) is 24.4 Å². The second-order valence-electron chi connectivity index (χ2n) is 3.12. The van der Waals surface area contributed by atoms with Crippen LogP contribution in [0.15, 0.2) is 0 Å². The first-order valence-corrected chi connectivity index (χ1v) is 5.64. The molecule has 0 aliphatic carbocycles. The van der Waals surface area contributed by atoms with Gasteiger partial charge in [0.05, 0.1) is 17.2 Å². The molecule has 0 unspecified atom stereocenters. The lowest BCUT2D eigenvalue weighted by molar-refractivity contribution is 0.591. The van der Waals surface area contributed by atoms with E-state index in [9.17, 15) is 8.42 Å². The minimum Gasteiger partial charge on any atom is -0.282 e. The number of nitrogens with zero attached hydrogens (tertiary/aromatic N) is 1. The zero-order chi connectivity index (χ0) is 8.77. The van der Waals surface area contributed by atoms with Crippen molar-refractivity contribution in [3.05, 3.63) is 17.0 Å². The molecule has 4 nitrogen and oxygen atoms in total. The Bertz CT molecular complexity index is 405. The molecule has 1 N–H and O–H groups in total. The minimum atomic E-state index is -2.87. The van der Waals surface area contributed by atoms with Crippen molar-refractivity contribution < 1.29 is 8.42 Å². The summed E-state index contributed by atoms with van der Waals surface area (Å²) in [6, 6.07) is 0. The molecule has 0 saturated heterocycles. The summed E-state index contributed by atoms with van der Waals surface area (Å²) < 4.78 is 22.3. The van der Waals surface area contributed by atoms with Gasteiger partial charge >= 0.3 is 0 Å². The lowest BCUT2D eigenvalue weighted by atomic mass is 10.1. The van der Waals surface area contributed by atoms with Crippen LogP contribution in [0.25, 0.3) is 0 Å². The van der Waals surface area contributed by atoms with Crippen LogP contribution in [0.3, 0.4) is 0 Å². The van der Waals surface area contributed by atoms with Crippen LogP contribution in [0.4, 0.5) is 0 Å². The van der Waals surface area contributed by atoms with Gasteiger partial charge in [-0.15, -0.1) is 0 Å². The molecule has 12 heavy (non-hydrogen) atoms. The summed E-state index contributed by atoms with van der Waals surface area (Å²) in [5, 5.41) is 6.75. The molecule has 0 saturated carbocycles. The van der Waals surface area contributed by atoms with E-state index in [-0.39, 0.29) is 11.5 Å². The van der Waals surface area contributed by atoms with E-state index in [1.54, 1.807) is 0 Å². The Hall–Kier alpha value is -0.840. The van der Waals surface area contributed by atoms with Gasteiger partial charge in [-0.2, -0.15) is 5.10 Å².